The van der Waals surface area contributed by atoms with Crippen molar-refractivity contribution in [3.8, 4) is 28.1 Å². The van der Waals surface area contributed by atoms with Crippen LogP contribution in [0.25, 0.3) is 22.4 Å². The number of halogens is 1. The number of aliphatic carboxylic acids is 1. The first-order chi connectivity index (χ1) is 40.2. The molecule has 0 aliphatic heterocycles. The second kappa shape index (κ2) is 32.9. The summed E-state index contributed by atoms with van der Waals surface area (Å²) < 4.78 is 27.5. The first kappa shape index (κ1) is 66.9. The fourth-order valence-corrected chi connectivity index (χ4v) is 12.2. The molecule has 3 aliphatic carbocycles. The number of β-amino-alcohol motifs (C(OH)–C–C–N with tert-alkyl or cyclic N) is 1. The molecule has 2 fully saturated rings. The monoisotopic (exact) mass is 1160 g/mol. The van der Waals surface area contributed by atoms with E-state index in [-0.39, 0.29) is 66.3 Å². The number of fused-ring (bicyclic) bond motifs is 1. The van der Waals surface area contributed by atoms with Gasteiger partial charge in [-0.3, -0.25) is 19.2 Å². The molecule has 1 aromatic heterocycles. The molecule has 84 heavy (non-hydrogen) atoms. The smallest absolute Gasteiger partial charge is 0.312 e. The van der Waals surface area contributed by atoms with Crippen LogP contribution in [0.4, 0.5) is 10.1 Å². The summed E-state index contributed by atoms with van der Waals surface area (Å²) in [5.74, 6) is -0.295. The first-order valence-electron chi connectivity index (χ1n) is 30.9. The molecule has 6 N–H and O–H groups in total. The third kappa shape index (κ3) is 19.4. The summed E-state index contributed by atoms with van der Waals surface area (Å²) in [6.45, 7) is 19.0. The van der Waals surface area contributed by atoms with Gasteiger partial charge in [-0.05, 0) is 151 Å². The summed E-state index contributed by atoms with van der Waals surface area (Å²) in [5.41, 5.74) is 6.38. The van der Waals surface area contributed by atoms with E-state index in [2.05, 4.69) is 50.2 Å². The van der Waals surface area contributed by atoms with E-state index < -0.39 is 30.7 Å². The van der Waals surface area contributed by atoms with Crippen molar-refractivity contribution in [2.45, 2.75) is 188 Å². The van der Waals surface area contributed by atoms with E-state index in [0.717, 1.165) is 73.5 Å². The third-order valence-electron chi connectivity index (χ3n) is 16.6. The van der Waals surface area contributed by atoms with Gasteiger partial charge < -0.3 is 50.0 Å². The number of Topliss-reactive ketones (excluding diaryl/α,β-unsaturated/α-hetero) is 1. The molecule has 15 heteroatoms. The number of aliphatic hydroxyl groups is 3. The summed E-state index contributed by atoms with van der Waals surface area (Å²) in [6.07, 6.45) is 11.6. The average molecular weight is 1160 g/mol. The lowest BCUT2D eigenvalue weighted by Crippen LogP contribution is -2.43. The first-order valence-corrected chi connectivity index (χ1v) is 30.9. The lowest BCUT2D eigenvalue weighted by molar-refractivity contribution is -0.164. The molecule has 3 aliphatic rings. The maximum Gasteiger partial charge on any atom is 0.312 e. The number of rotatable bonds is 24. The highest BCUT2D eigenvalue weighted by Gasteiger charge is 2.47. The van der Waals surface area contributed by atoms with E-state index >= 15 is 0 Å². The van der Waals surface area contributed by atoms with Crippen molar-refractivity contribution in [1.82, 2.24) is 14.8 Å². The van der Waals surface area contributed by atoms with Gasteiger partial charge >= 0.3 is 11.9 Å². The maximum absolute atomic E-state index is 14.0. The number of anilines is 1. The number of esters is 1. The molecule has 0 bridgehead atoms. The number of likely N-dealkylation sites (N-methyl/N-ethyl adjacent to an activating group) is 1. The number of aliphatic hydroxyl groups excluding tert-OH is 3. The van der Waals surface area contributed by atoms with Crippen LogP contribution < -0.4 is 15.4 Å². The van der Waals surface area contributed by atoms with Crippen LogP contribution in [0.5, 0.6) is 5.75 Å². The number of amides is 1. The Morgan fingerprint density at radius 3 is 2.04 bits per heavy atom. The van der Waals surface area contributed by atoms with Gasteiger partial charge in [-0.15, -0.1) is 0 Å². The fourth-order valence-electron chi connectivity index (χ4n) is 12.2. The number of carboxylic acids is 1. The second-order valence-corrected chi connectivity index (χ2v) is 24.3. The molecule has 3 atom stereocenters. The van der Waals surface area contributed by atoms with Crippen molar-refractivity contribution in [1.29, 1.82) is 0 Å². The fraction of sp³-hybridized carbons (Fsp3) is 0.536. The van der Waals surface area contributed by atoms with Crippen LogP contribution in [0.2, 0.25) is 0 Å². The second-order valence-electron chi connectivity index (χ2n) is 24.3. The topological polar surface area (TPSA) is 200 Å². The number of aromatic nitrogens is 1. The highest BCUT2D eigenvalue weighted by molar-refractivity contribution is 6.12. The molecule has 1 heterocycles. The standard InChI is InChI=1S/C33H35FN2O5.C19H35NO2.C17H25NO3/c1-21(2)31-30(33(41)35-25-11-7-4-8-12-25)29(22-9-5-3-6-10-22)32(23-13-15-24(34)16-14-23)36(31)18-17-26(37)19-27(38)20-28(39)40;1-3-20(4-2)15-16-22-18(21)19(13-9-6-10-14-19)17-11-7-5-8-12-17;1-17(2,3)18-10-12(19)11-21-16-9-5-6-13-14(16)7-4-8-15(13)20/h3-16,21,26-27,37-38H,17-20H2,1-2H3,(H,35,41)(H,39,40);17H,3-16H2,1-2H3;5-6,9,12,18-19H,4,7-8,10-11H2,1-3H3/t26-,27-;;12-/m1.0/s1. The van der Waals surface area contributed by atoms with Gasteiger partial charge in [0.25, 0.3) is 5.91 Å². The Hall–Kier alpha value is -6.23. The number of para-hydroxylation sites is 1. The molecule has 4 aromatic carbocycles. The van der Waals surface area contributed by atoms with Crippen molar-refractivity contribution in [2.75, 3.05) is 44.7 Å². The van der Waals surface area contributed by atoms with Crippen LogP contribution in [0.3, 0.4) is 0 Å². The zero-order chi connectivity index (χ0) is 60.8. The molecule has 14 nitrogen and oxygen atoms in total. The largest absolute Gasteiger partial charge is 0.491 e. The summed E-state index contributed by atoms with van der Waals surface area (Å²) in [5, 5.41) is 46.0. The minimum absolute atomic E-state index is 0.0285. The SMILES string of the molecule is CC(C)(C)NC[C@H](O)COc1cccc2c1CCCC2=O.CC(C)c1c(C(=O)Nc2ccccc2)c(-c2ccccc2)c(-c2ccc(F)cc2)n1CC[C@@H](O)C[C@@H](O)CC(=O)O.CCN(CC)CCOC(=O)C1(C2CCCCC2)CCCCC1. The van der Waals surface area contributed by atoms with Crippen molar-refractivity contribution < 1.29 is 53.5 Å². The lowest BCUT2D eigenvalue weighted by Gasteiger charge is -2.43. The Labute approximate surface area is 498 Å². The van der Waals surface area contributed by atoms with Crippen molar-refractivity contribution in [3.05, 3.63) is 131 Å². The van der Waals surface area contributed by atoms with Crippen LogP contribution in [0.1, 0.15) is 183 Å². The van der Waals surface area contributed by atoms with E-state index in [1.807, 2.05) is 97.3 Å². The summed E-state index contributed by atoms with van der Waals surface area (Å²) in [6, 6.07) is 30.4. The molecule has 458 valence electrons. The van der Waals surface area contributed by atoms with Gasteiger partial charge in [0.1, 0.15) is 30.9 Å². The maximum atomic E-state index is 14.0. The minimum atomic E-state index is -1.18. The number of benzene rings is 4. The molecular weight excluding hydrogens is 1060 g/mol. The van der Waals surface area contributed by atoms with E-state index in [0.29, 0.717) is 53.6 Å². The number of carbonyl (C=O) groups excluding carboxylic acids is 3. The van der Waals surface area contributed by atoms with Crippen LogP contribution >= 0.6 is 0 Å². The van der Waals surface area contributed by atoms with E-state index in [9.17, 15) is 38.9 Å². The lowest BCUT2D eigenvalue weighted by atomic mass is 9.62. The molecule has 0 spiro atoms. The van der Waals surface area contributed by atoms with Crippen LogP contribution in [-0.4, -0.2) is 117 Å². The quantitative estimate of drug-likeness (QED) is 0.0320. The predicted molar refractivity (Wildman–Crippen MR) is 331 cm³/mol. The number of carbonyl (C=O) groups is 4. The Kier molecular flexibility index (Phi) is 26.2. The van der Waals surface area contributed by atoms with Gasteiger partial charge in [-0.25, -0.2) is 4.39 Å². The molecule has 0 unspecified atom stereocenters. The summed E-state index contributed by atoms with van der Waals surface area (Å²) in [4.78, 5) is 52.2. The van der Waals surface area contributed by atoms with Crippen LogP contribution in [0.15, 0.2) is 103 Å². The molecule has 0 radical (unpaired) electrons. The zero-order valence-corrected chi connectivity index (χ0v) is 51.0. The molecule has 5 aromatic rings. The molecular formula is C69H95FN4O10. The van der Waals surface area contributed by atoms with Gasteiger partial charge in [0.2, 0.25) is 0 Å². The van der Waals surface area contributed by atoms with Crippen molar-refractivity contribution in [2.24, 2.45) is 11.3 Å². The van der Waals surface area contributed by atoms with Gasteiger partial charge in [0.05, 0.1) is 35.3 Å². The Bertz CT molecular complexity index is 2830. The number of carboxylic acid groups (broad SMARTS) is 1. The van der Waals surface area contributed by atoms with E-state index in [4.69, 9.17) is 14.6 Å². The Morgan fingerprint density at radius 2 is 1.42 bits per heavy atom. The highest BCUT2D eigenvalue weighted by Crippen LogP contribution is 2.49. The summed E-state index contributed by atoms with van der Waals surface area (Å²) in [7, 11) is 0. The van der Waals surface area contributed by atoms with Crippen LogP contribution in [-0.2, 0) is 27.3 Å². The predicted octanol–water partition coefficient (Wildman–Crippen LogP) is 13.0. The van der Waals surface area contributed by atoms with E-state index in [1.54, 1.807) is 12.1 Å². The van der Waals surface area contributed by atoms with Crippen LogP contribution in [0, 0.1) is 17.2 Å². The number of nitrogens with zero attached hydrogens (tertiary/aromatic N) is 2. The summed E-state index contributed by atoms with van der Waals surface area (Å²) >= 11 is 0. The number of ketones is 1. The number of nitrogens with one attached hydrogen (secondary N) is 2. The molecule has 8 rings (SSSR count). The zero-order valence-electron chi connectivity index (χ0n) is 51.0. The molecule has 1 amide bonds. The number of hydrogen-bond acceptors (Lipinski definition) is 11. The van der Waals surface area contributed by atoms with Crippen molar-refractivity contribution >= 4 is 29.3 Å². The molecule has 2 saturated carbocycles. The van der Waals surface area contributed by atoms with Gasteiger partial charge in [-0.1, -0.05) is 127 Å². The number of ether oxygens (including phenoxy) is 2. The third-order valence-corrected chi connectivity index (χ3v) is 16.6. The Morgan fingerprint density at radius 1 is 0.774 bits per heavy atom. The average Bonchev–Trinajstić information content (AvgIpc) is 2.44. The minimum Gasteiger partial charge on any atom is -0.491 e. The molecule has 0 saturated heterocycles. The number of hydrogen-bond donors (Lipinski definition) is 6. The van der Waals surface area contributed by atoms with Gasteiger partial charge in [-0.2, -0.15) is 0 Å². The van der Waals surface area contributed by atoms with Gasteiger partial charge in [0.15, 0.2) is 5.78 Å². The highest BCUT2D eigenvalue weighted by atomic mass is 19.1. The normalized spacial score (nSPS) is 16.3. The van der Waals surface area contributed by atoms with Gasteiger partial charge in [0, 0.05) is 59.7 Å². The van der Waals surface area contributed by atoms with Crippen molar-refractivity contribution in [3.63, 3.8) is 0 Å². The van der Waals surface area contributed by atoms with E-state index in [1.165, 1.54) is 63.5 Å². The Balaban J connectivity index is 0.000000222.